The van der Waals surface area contributed by atoms with Crippen molar-refractivity contribution in [2.24, 2.45) is 0 Å². The zero-order chi connectivity index (χ0) is 12.2. The number of benzene rings is 1. The molecule has 16 heavy (non-hydrogen) atoms. The molecule has 6 heteroatoms. The lowest BCUT2D eigenvalue weighted by Crippen LogP contribution is -2.26. The molecule has 88 valence electrons. The van der Waals surface area contributed by atoms with Crippen LogP contribution in [-0.2, 0) is 10.1 Å². The molecule has 0 amide bonds. The highest BCUT2D eigenvalue weighted by molar-refractivity contribution is 7.86. The van der Waals surface area contributed by atoms with Crippen LogP contribution in [0.5, 0.6) is 5.75 Å². The Morgan fingerprint density at radius 2 is 2.06 bits per heavy atom. The maximum atomic E-state index is 10.9. The average Bonchev–Trinajstić information content (AvgIpc) is 2.24. The molecule has 1 unspecified atom stereocenters. The van der Waals surface area contributed by atoms with Crippen LogP contribution in [-0.4, -0.2) is 24.7 Å². The number of hydrogen-bond donors (Lipinski definition) is 1. The molecule has 0 aliphatic rings. The molecule has 0 spiro atoms. The van der Waals surface area contributed by atoms with Gasteiger partial charge in [-0.3, -0.25) is 9.35 Å². The smallest absolute Gasteiger partial charge is 0.303 e. The van der Waals surface area contributed by atoms with Crippen LogP contribution in [0, 0.1) is 0 Å². The van der Waals surface area contributed by atoms with Crippen LogP contribution in [0.15, 0.2) is 24.3 Å². The maximum absolute atomic E-state index is 10.9. The summed E-state index contributed by atoms with van der Waals surface area (Å²) in [5.74, 6) is 0.141. The summed E-state index contributed by atoms with van der Waals surface area (Å²) in [5.41, 5.74) is -1.11. The first-order valence-electron chi connectivity index (χ1n) is 4.66. The van der Waals surface area contributed by atoms with E-state index in [9.17, 15) is 13.2 Å². The van der Waals surface area contributed by atoms with Crippen molar-refractivity contribution in [3.63, 3.8) is 0 Å². The molecule has 0 bridgehead atoms. The van der Waals surface area contributed by atoms with Gasteiger partial charge in [-0.1, -0.05) is 19.1 Å². The van der Waals surface area contributed by atoms with Crippen molar-refractivity contribution in [3.05, 3.63) is 29.8 Å². The topological polar surface area (TPSA) is 80.7 Å². The highest BCUT2D eigenvalue weighted by Gasteiger charge is 2.23. The Labute approximate surface area is 93.8 Å². The van der Waals surface area contributed by atoms with E-state index < -0.39 is 15.6 Å². The minimum Gasteiger partial charge on any atom is -0.471 e. The summed E-state index contributed by atoms with van der Waals surface area (Å²) in [5, 5.41) is 0. The van der Waals surface area contributed by atoms with Gasteiger partial charge in [-0.15, -0.1) is 0 Å². The van der Waals surface area contributed by atoms with Crippen molar-refractivity contribution < 1.29 is 22.5 Å². The van der Waals surface area contributed by atoms with E-state index in [4.69, 9.17) is 9.29 Å². The summed E-state index contributed by atoms with van der Waals surface area (Å²) in [6.45, 7) is 1.56. The van der Waals surface area contributed by atoms with E-state index in [1.165, 1.54) is 12.1 Å². The molecule has 1 aromatic carbocycles. The van der Waals surface area contributed by atoms with E-state index >= 15 is 0 Å². The molecule has 1 atom stereocenters. The van der Waals surface area contributed by atoms with Gasteiger partial charge in [0.1, 0.15) is 5.75 Å². The second kappa shape index (κ2) is 5.09. The second-order valence-corrected chi connectivity index (χ2v) is 4.68. The van der Waals surface area contributed by atoms with Crippen molar-refractivity contribution in [2.75, 3.05) is 0 Å². The summed E-state index contributed by atoms with van der Waals surface area (Å²) in [4.78, 5) is 10.7. The third-order valence-corrected chi connectivity index (χ3v) is 3.06. The molecule has 1 rings (SSSR count). The Hall–Kier alpha value is -1.40. The summed E-state index contributed by atoms with van der Waals surface area (Å²) < 4.78 is 35.8. The van der Waals surface area contributed by atoms with Gasteiger partial charge < -0.3 is 4.74 Å². The first kappa shape index (κ1) is 12.7. The van der Waals surface area contributed by atoms with Crippen LogP contribution in [0.1, 0.15) is 23.7 Å². The predicted octanol–water partition coefficient (Wildman–Crippen LogP) is 1.50. The Balaban J connectivity index is 2.99. The zero-order valence-electron chi connectivity index (χ0n) is 8.66. The van der Waals surface area contributed by atoms with Gasteiger partial charge in [-0.05, 0) is 18.6 Å². The van der Waals surface area contributed by atoms with Crippen LogP contribution in [0.25, 0.3) is 0 Å². The molecule has 0 aliphatic carbocycles. The minimum absolute atomic E-state index is 0.0893. The summed E-state index contributed by atoms with van der Waals surface area (Å²) in [6.07, 6.45) is 0.651. The number of para-hydroxylation sites is 1. The second-order valence-electron chi connectivity index (χ2n) is 3.13. The molecule has 0 saturated carbocycles. The van der Waals surface area contributed by atoms with Crippen LogP contribution >= 0.6 is 0 Å². The molecular weight excluding hydrogens is 232 g/mol. The zero-order valence-corrected chi connectivity index (χ0v) is 9.48. The van der Waals surface area contributed by atoms with E-state index in [2.05, 4.69) is 0 Å². The highest BCUT2D eigenvalue weighted by atomic mass is 32.2. The third kappa shape index (κ3) is 3.04. The molecule has 0 aromatic heterocycles. The highest BCUT2D eigenvalue weighted by Crippen LogP contribution is 2.19. The molecule has 0 saturated heterocycles. The van der Waals surface area contributed by atoms with E-state index in [1.807, 2.05) is 0 Å². The van der Waals surface area contributed by atoms with Crippen molar-refractivity contribution >= 4 is 16.4 Å². The minimum atomic E-state index is -4.28. The molecule has 0 heterocycles. The Bertz CT molecular complexity index is 466. The molecule has 1 aromatic rings. The molecule has 1 N–H and O–H groups in total. The fourth-order valence-corrected chi connectivity index (χ4v) is 1.83. The average molecular weight is 244 g/mol. The van der Waals surface area contributed by atoms with Crippen LogP contribution in [0.2, 0.25) is 0 Å². The number of aldehydes is 1. The Kier molecular flexibility index (Phi) is 4.03. The summed E-state index contributed by atoms with van der Waals surface area (Å²) >= 11 is 0. The maximum Gasteiger partial charge on any atom is 0.303 e. The van der Waals surface area contributed by atoms with E-state index in [0.29, 0.717) is 6.29 Å². The van der Waals surface area contributed by atoms with Gasteiger partial charge in [0.05, 0.1) is 5.56 Å². The van der Waals surface area contributed by atoms with Gasteiger partial charge in [-0.25, -0.2) is 0 Å². The van der Waals surface area contributed by atoms with Gasteiger partial charge in [0.25, 0.3) is 0 Å². The van der Waals surface area contributed by atoms with Crippen molar-refractivity contribution in [1.29, 1.82) is 0 Å². The van der Waals surface area contributed by atoms with Crippen LogP contribution in [0.4, 0.5) is 0 Å². The van der Waals surface area contributed by atoms with Crippen LogP contribution < -0.4 is 4.74 Å². The third-order valence-electron chi connectivity index (χ3n) is 1.97. The number of carbonyl (C=O) groups is 1. The predicted molar refractivity (Wildman–Crippen MR) is 58.1 cm³/mol. The standard InChI is InChI=1S/C10H12O5S/c1-2-10(16(12,13)14)15-9-6-4-3-5-8(9)7-11/h3-7,10H,2H2,1H3,(H,12,13,14). The number of carbonyl (C=O) groups excluding carboxylic acids is 1. The SMILES string of the molecule is CCC(Oc1ccccc1C=O)S(=O)(=O)O. The summed E-state index contributed by atoms with van der Waals surface area (Å²) in [7, 11) is -4.28. The number of rotatable bonds is 5. The van der Waals surface area contributed by atoms with Crippen molar-refractivity contribution in [2.45, 2.75) is 18.8 Å². The van der Waals surface area contributed by atoms with E-state index in [0.717, 1.165) is 0 Å². The largest absolute Gasteiger partial charge is 0.471 e. The van der Waals surface area contributed by atoms with E-state index in [-0.39, 0.29) is 17.7 Å². The fraction of sp³-hybridized carbons (Fsp3) is 0.300. The lowest BCUT2D eigenvalue weighted by atomic mass is 10.2. The first-order chi connectivity index (χ1) is 7.49. The monoisotopic (exact) mass is 244 g/mol. The van der Waals surface area contributed by atoms with Gasteiger partial charge >= 0.3 is 10.1 Å². The molecule has 0 radical (unpaired) electrons. The van der Waals surface area contributed by atoms with E-state index in [1.54, 1.807) is 19.1 Å². The molecular formula is C10H12O5S. The Morgan fingerprint density at radius 3 is 2.56 bits per heavy atom. The van der Waals surface area contributed by atoms with Gasteiger partial charge in [0, 0.05) is 0 Å². The summed E-state index contributed by atoms with van der Waals surface area (Å²) in [6, 6.07) is 6.21. The lowest BCUT2D eigenvalue weighted by Gasteiger charge is -2.15. The molecule has 5 nitrogen and oxygen atoms in total. The quantitative estimate of drug-likeness (QED) is 0.627. The van der Waals surface area contributed by atoms with Crippen molar-refractivity contribution in [1.82, 2.24) is 0 Å². The normalized spacial score (nSPS) is 13.1. The Morgan fingerprint density at radius 1 is 1.44 bits per heavy atom. The number of hydrogen-bond acceptors (Lipinski definition) is 4. The number of ether oxygens (including phenoxy) is 1. The van der Waals surface area contributed by atoms with Gasteiger partial charge in [0.15, 0.2) is 6.29 Å². The fourth-order valence-electron chi connectivity index (χ4n) is 1.18. The van der Waals surface area contributed by atoms with Crippen molar-refractivity contribution in [3.8, 4) is 5.75 Å². The molecule has 0 fully saturated rings. The lowest BCUT2D eigenvalue weighted by molar-refractivity contribution is 0.111. The van der Waals surface area contributed by atoms with Crippen LogP contribution in [0.3, 0.4) is 0 Å². The van der Waals surface area contributed by atoms with Gasteiger partial charge in [-0.2, -0.15) is 8.42 Å². The van der Waals surface area contributed by atoms with Gasteiger partial charge in [0.2, 0.25) is 5.44 Å². The molecule has 0 aliphatic heterocycles. The first-order valence-corrected chi connectivity index (χ1v) is 6.16.